The van der Waals surface area contributed by atoms with Crippen LogP contribution in [0.4, 0.5) is 4.39 Å². The van der Waals surface area contributed by atoms with Crippen LogP contribution in [0, 0.1) is 11.7 Å². The molecule has 0 aliphatic carbocycles. The van der Waals surface area contributed by atoms with Crippen LogP contribution in [0.2, 0.25) is 0 Å². The molecule has 3 aromatic heterocycles. The maximum atomic E-state index is 14.1. The third-order valence-corrected chi connectivity index (χ3v) is 6.69. The van der Waals surface area contributed by atoms with Crippen molar-refractivity contribution in [1.82, 2.24) is 24.8 Å². The number of piperidine rings is 1. The first-order chi connectivity index (χ1) is 17.3. The minimum absolute atomic E-state index is 0.0784. The number of nitrogens with two attached hydrogens (primary N) is 1. The van der Waals surface area contributed by atoms with Gasteiger partial charge in [0.1, 0.15) is 17.0 Å². The normalized spacial score (nSPS) is 18.5. The maximum Gasteiger partial charge on any atom is 0.306 e. The summed E-state index contributed by atoms with van der Waals surface area (Å²) >= 11 is 0. The molecule has 186 valence electrons. The summed E-state index contributed by atoms with van der Waals surface area (Å²) in [5, 5.41) is 9.75. The number of ether oxygens (including phenoxy) is 1. The van der Waals surface area contributed by atoms with E-state index in [1.165, 1.54) is 13.2 Å². The molecule has 2 unspecified atom stereocenters. The van der Waals surface area contributed by atoms with Crippen molar-refractivity contribution in [2.45, 2.75) is 25.3 Å². The van der Waals surface area contributed by atoms with Gasteiger partial charge in [-0.05, 0) is 49.2 Å². The van der Waals surface area contributed by atoms with Crippen molar-refractivity contribution in [3.63, 3.8) is 0 Å². The van der Waals surface area contributed by atoms with Gasteiger partial charge in [-0.2, -0.15) is 0 Å². The summed E-state index contributed by atoms with van der Waals surface area (Å²) in [5.74, 6) is -1.50. The minimum Gasteiger partial charge on any atom is -0.481 e. The van der Waals surface area contributed by atoms with Crippen LogP contribution in [-0.4, -0.2) is 62.0 Å². The highest BCUT2D eigenvalue weighted by molar-refractivity contribution is 5.94. The van der Waals surface area contributed by atoms with Crippen LogP contribution in [-0.2, 0) is 11.2 Å². The molecule has 4 N–H and O–H groups in total. The van der Waals surface area contributed by atoms with Gasteiger partial charge >= 0.3 is 5.97 Å². The number of carboxylic acids is 1. The highest BCUT2D eigenvalue weighted by Crippen LogP contribution is 2.38. The Morgan fingerprint density at radius 1 is 1.22 bits per heavy atom. The number of H-pyrrole nitrogens is 1. The van der Waals surface area contributed by atoms with Crippen LogP contribution in [0.1, 0.15) is 40.8 Å². The molecule has 36 heavy (non-hydrogen) atoms. The summed E-state index contributed by atoms with van der Waals surface area (Å²) in [6, 6.07) is 9.32. The first kappa shape index (κ1) is 23.6. The monoisotopic (exact) mass is 492 g/mol. The average Bonchev–Trinajstić information content (AvgIpc) is 3.31. The van der Waals surface area contributed by atoms with Crippen molar-refractivity contribution in [3.8, 4) is 5.88 Å². The van der Waals surface area contributed by atoms with Gasteiger partial charge in [-0.1, -0.05) is 6.07 Å². The molecular weight excluding hydrogens is 467 g/mol. The Labute approximate surface area is 205 Å². The number of rotatable bonds is 7. The third-order valence-electron chi connectivity index (χ3n) is 6.69. The predicted octanol–water partition coefficient (Wildman–Crippen LogP) is 2.83. The second-order valence-electron chi connectivity index (χ2n) is 8.86. The Kier molecular flexibility index (Phi) is 6.23. The van der Waals surface area contributed by atoms with Crippen molar-refractivity contribution in [2.75, 3.05) is 20.2 Å². The van der Waals surface area contributed by atoms with Gasteiger partial charge in [-0.15, -0.1) is 0 Å². The number of halogens is 1. The van der Waals surface area contributed by atoms with Gasteiger partial charge in [0.15, 0.2) is 5.82 Å². The lowest BCUT2D eigenvalue weighted by Crippen LogP contribution is -2.40. The fourth-order valence-corrected chi connectivity index (χ4v) is 4.85. The number of likely N-dealkylation sites (tertiary alicyclic amines) is 1. The highest BCUT2D eigenvalue weighted by Gasteiger charge is 2.35. The number of carbonyl (C=O) groups excluding carboxylic acids is 1. The number of hydrogen-bond acceptors (Lipinski definition) is 7. The van der Waals surface area contributed by atoms with Gasteiger partial charge in [0, 0.05) is 25.1 Å². The van der Waals surface area contributed by atoms with Crippen LogP contribution in [0.5, 0.6) is 5.88 Å². The number of aliphatic carboxylic acids is 1. The van der Waals surface area contributed by atoms with E-state index in [1.54, 1.807) is 30.3 Å². The van der Waals surface area contributed by atoms with Gasteiger partial charge in [-0.3, -0.25) is 14.5 Å². The first-order valence-corrected chi connectivity index (χ1v) is 11.6. The van der Waals surface area contributed by atoms with E-state index in [2.05, 4.69) is 24.8 Å². The molecule has 0 spiro atoms. The SMILES string of the molecule is COc1ccc2nc(C(N)=O)cc(C3CC(C(=O)O)CCN3CCc3nc4c(F)cccc4[nH]3)c2n1. The van der Waals surface area contributed by atoms with E-state index < -0.39 is 23.6 Å². The van der Waals surface area contributed by atoms with E-state index in [-0.39, 0.29) is 17.3 Å². The van der Waals surface area contributed by atoms with Gasteiger partial charge in [0.25, 0.3) is 5.91 Å². The van der Waals surface area contributed by atoms with Gasteiger partial charge in [-0.25, -0.2) is 19.3 Å². The van der Waals surface area contributed by atoms with Crippen LogP contribution in [0.15, 0.2) is 36.4 Å². The van der Waals surface area contributed by atoms with E-state index in [9.17, 15) is 19.1 Å². The molecule has 5 rings (SSSR count). The number of pyridine rings is 2. The number of imidazole rings is 1. The number of nitrogens with one attached hydrogen (secondary N) is 1. The lowest BCUT2D eigenvalue weighted by atomic mass is 9.86. The van der Waals surface area contributed by atoms with Gasteiger partial charge in [0.05, 0.1) is 29.6 Å². The molecule has 1 fully saturated rings. The second-order valence-corrected chi connectivity index (χ2v) is 8.86. The summed E-state index contributed by atoms with van der Waals surface area (Å²) in [6.45, 7) is 1.04. The Bertz CT molecular complexity index is 1470. The third kappa shape index (κ3) is 4.44. The number of methoxy groups -OCH3 is 1. The number of carbonyl (C=O) groups is 2. The molecule has 1 saturated heterocycles. The van der Waals surface area contributed by atoms with E-state index in [1.807, 2.05) is 0 Å². The highest BCUT2D eigenvalue weighted by atomic mass is 19.1. The molecule has 2 atom stereocenters. The lowest BCUT2D eigenvalue weighted by Gasteiger charge is -2.38. The molecule has 4 aromatic rings. The number of para-hydroxylation sites is 1. The minimum atomic E-state index is -0.869. The number of primary amides is 1. The summed E-state index contributed by atoms with van der Waals surface area (Å²) < 4.78 is 19.4. The molecule has 10 nitrogen and oxygen atoms in total. The Morgan fingerprint density at radius 3 is 2.78 bits per heavy atom. The van der Waals surface area contributed by atoms with Crippen LogP contribution >= 0.6 is 0 Å². The fraction of sp³-hybridized carbons (Fsp3) is 0.320. The molecule has 0 radical (unpaired) electrons. The van der Waals surface area contributed by atoms with E-state index in [0.29, 0.717) is 66.2 Å². The molecule has 0 bridgehead atoms. The fourth-order valence-electron chi connectivity index (χ4n) is 4.85. The summed E-state index contributed by atoms with van der Waals surface area (Å²) in [6.07, 6.45) is 1.29. The molecule has 1 aliphatic heterocycles. The van der Waals surface area contributed by atoms with E-state index >= 15 is 0 Å². The van der Waals surface area contributed by atoms with E-state index in [4.69, 9.17) is 10.5 Å². The molecular formula is C25H25FN6O4. The van der Waals surface area contributed by atoms with Crippen molar-refractivity contribution < 1.29 is 23.8 Å². The number of fused-ring (bicyclic) bond motifs is 2. The molecule has 4 heterocycles. The van der Waals surface area contributed by atoms with E-state index in [0.717, 1.165) is 0 Å². The summed E-state index contributed by atoms with van der Waals surface area (Å²) in [5.41, 5.74) is 8.19. The maximum absolute atomic E-state index is 14.1. The number of aromatic amines is 1. The number of aromatic nitrogens is 4. The zero-order valence-electron chi connectivity index (χ0n) is 19.6. The smallest absolute Gasteiger partial charge is 0.306 e. The molecule has 1 aliphatic rings. The molecule has 11 heteroatoms. The summed E-state index contributed by atoms with van der Waals surface area (Å²) in [7, 11) is 1.50. The number of carboxylic acid groups (broad SMARTS) is 1. The number of amides is 1. The standard InChI is InChI=1S/C25H25FN6O4/c1-36-21-6-5-17-22(31-21)14(12-18(28-17)24(27)33)19-11-13(25(34)35)7-9-32(19)10-8-20-29-16-4-2-3-15(26)23(16)30-20/h2-6,12-13,19H,7-11H2,1H3,(H2,27,33)(H,29,30)(H,34,35). The number of hydrogen-bond donors (Lipinski definition) is 3. The topological polar surface area (TPSA) is 147 Å². The predicted molar refractivity (Wildman–Crippen MR) is 129 cm³/mol. The molecule has 1 aromatic carbocycles. The van der Waals surface area contributed by atoms with Crippen molar-refractivity contribution >= 4 is 33.9 Å². The van der Waals surface area contributed by atoms with Gasteiger partial charge < -0.3 is 20.6 Å². The van der Waals surface area contributed by atoms with Crippen molar-refractivity contribution in [1.29, 1.82) is 0 Å². The van der Waals surface area contributed by atoms with Gasteiger partial charge in [0.2, 0.25) is 5.88 Å². The Hall–Kier alpha value is -4.12. The van der Waals surface area contributed by atoms with Crippen LogP contribution < -0.4 is 10.5 Å². The van der Waals surface area contributed by atoms with Crippen molar-refractivity contribution in [3.05, 3.63) is 59.3 Å². The summed E-state index contributed by atoms with van der Waals surface area (Å²) in [4.78, 5) is 42.5. The lowest BCUT2D eigenvalue weighted by molar-refractivity contribution is -0.144. The first-order valence-electron chi connectivity index (χ1n) is 11.6. The Balaban J connectivity index is 1.53. The molecule has 1 amide bonds. The number of benzene rings is 1. The quantitative estimate of drug-likeness (QED) is 0.357. The second kappa shape index (κ2) is 9.50. The number of nitrogens with zero attached hydrogens (tertiary/aromatic N) is 4. The zero-order chi connectivity index (χ0) is 25.4. The average molecular weight is 493 g/mol. The largest absolute Gasteiger partial charge is 0.481 e. The van der Waals surface area contributed by atoms with Crippen molar-refractivity contribution in [2.24, 2.45) is 11.7 Å². The zero-order valence-corrected chi connectivity index (χ0v) is 19.6. The Morgan fingerprint density at radius 2 is 2.06 bits per heavy atom. The van der Waals surface area contributed by atoms with Crippen LogP contribution in [0.25, 0.3) is 22.1 Å². The van der Waals surface area contributed by atoms with Crippen LogP contribution in [0.3, 0.4) is 0 Å². The molecule has 0 saturated carbocycles.